The van der Waals surface area contributed by atoms with Crippen molar-refractivity contribution in [1.29, 1.82) is 0 Å². The second kappa shape index (κ2) is 5.86. The summed E-state index contributed by atoms with van der Waals surface area (Å²) in [4.78, 5) is 15.4. The van der Waals surface area contributed by atoms with Crippen LogP contribution in [0.3, 0.4) is 0 Å². The summed E-state index contributed by atoms with van der Waals surface area (Å²) in [7, 11) is 1.57. The van der Waals surface area contributed by atoms with Gasteiger partial charge in [-0.1, -0.05) is 18.2 Å². The maximum absolute atomic E-state index is 11.3. The third-order valence-corrected chi connectivity index (χ3v) is 2.71. The number of primary amides is 1. The molecular formula is C14H15N3O2. The highest BCUT2D eigenvalue weighted by atomic mass is 16.5. The maximum atomic E-state index is 11.3. The van der Waals surface area contributed by atoms with Crippen molar-refractivity contribution in [1.82, 2.24) is 4.98 Å². The predicted molar refractivity (Wildman–Crippen MR) is 73.1 cm³/mol. The Hall–Kier alpha value is -2.56. The van der Waals surface area contributed by atoms with Crippen LogP contribution >= 0.6 is 0 Å². The number of nitrogens with zero attached hydrogens (tertiary/aromatic N) is 1. The fourth-order valence-electron chi connectivity index (χ4n) is 1.72. The van der Waals surface area contributed by atoms with Gasteiger partial charge in [-0.2, -0.15) is 0 Å². The van der Waals surface area contributed by atoms with Crippen molar-refractivity contribution in [2.24, 2.45) is 5.73 Å². The van der Waals surface area contributed by atoms with Crippen LogP contribution < -0.4 is 15.8 Å². The fraction of sp³-hybridized carbons (Fsp3) is 0.143. The Kier molecular flexibility index (Phi) is 3.97. The molecule has 0 unspecified atom stereocenters. The first kappa shape index (κ1) is 12.9. The average Bonchev–Trinajstić information content (AvgIpc) is 2.46. The zero-order chi connectivity index (χ0) is 13.7. The first-order valence-corrected chi connectivity index (χ1v) is 5.82. The van der Waals surface area contributed by atoms with Crippen LogP contribution in [0.15, 0.2) is 42.6 Å². The third kappa shape index (κ3) is 3.22. The number of benzene rings is 1. The number of ether oxygens (including phenoxy) is 1. The van der Waals surface area contributed by atoms with Gasteiger partial charge in [-0.3, -0.25) is 4.79 Å². The molecule has 1 aromatic carbocycles. The fourth-order valence-corrected chi connectivity index (χ4v) is 1.72. The smallest absolute Gasteiger partial charge is 0.249 e. The number of hydrogen-bond acceptors (Lipinski definition) is 4. The molecule has 0 aliphatic heterocycles. The van der Waals surface area contributed by atoms with Gasteiger partial charge in [-0.25, -0.2) is 4.98 Å². The summed E-state index contributed by atoms with van der Waals surface area (Å²) < 4.78 is 4.98. The van der Waals surface area contributed by atoms with Gasteiger partial charge in [0.05, 0.1) is 19.0 Å². The molecule has 2 aromatic rings. The lowest BCUT2D eigenvalue weighted by molar-refractivity contribution is 0.0999. The Morgan fingerprint density at radius 1 is 1.32 bits per heavy atom. The summed E-state index contributed by atoms with van der Waals surface area (Å²) in [6, 6.07) is 10.9. The minimum Gasteiger partial charge on any atom is -0.481 e. The molecule has 5 nitrogen and oxygen atoms in total. The van der Waals surface area contributed by atoms with Crippen LogP contribution in [0.1, 0.15) is 15.9 Å². The Morgan fingerprint density at radius 2 is 2.11 bits per heavy atom. The van der Waals surface area contributed by atoms with Crippen LogP contribution in [0.5, 0.6) is 5.88 Å². The zero-order valence-corrected chi connectivity index (χ0v) is 10.6. The first-order valence-electron chi connectivity index (χ1n) is 5.82. The summed E-state index contributed by atoms with van der Waals surface area (Å²) in [5, 5.41) is 3.18. The van der Waals surface area contributed by atoms with Gasteiger partial charge in [0.1, 0.15) is 0 Å². The molecule has 2 rings (SSSR count). The van der Waals surface area contributed by atoms with E-state index in [-0.39, 0.29) is 0 Å². The molecule has 0 bridgehead atoms. The lowest BCUT2D eigenvalue weighted by atomic mass is 10.1. The summed E-state index contributed by atoms with van der Waals surface area (Å²) in [5.74, 6) is 0.133. The number of pyridine rings is 1. The van der Waals surface area contributed by atoms with Crippen molar-refractivity contribution in [3.8, 4) is 5.88 Å². The van der Waals surface area contributed by atoms with E-state index in [1.54, 1.807) is 31.5 Å². The van der Waals surface area contributed by atoms with Gasteiger partial charge in [0, 0.05) is 18.2 Å². The number of methoxy groups -OCH3 is 1. The topological polar surface area (TPSA) is 77.2 Å². The highest BCUT2D eigenvalue weighted by Gasteiger charge is 2.06. The molecule has 1 amide bonds. The number of hydrogen-bond donors (Lipinski definition) is 2. The molecule has 0 saturated heterocycles. The van der Waals surface area contributed by atoms with Gasteiger partial charge in [0.25, 0.3) is 0 Å². The second-order valence-electron chi connectivity index (χ2n) is 3.96. The summed E-state index contributed by atoms with van der Waals surface area (Å²) >= 11 is 0. The number of nitrogens with two attached hydrogens (primary N) is 1. The van der Waals surface area contributed by atoms with Crippen molar-refractivity contribution in [2.75, 3.05) is 12.4 Å². The van der Waals surface area contributed by atoms with Gasteiger partial charge >= 0.3 is 0 Å². The summed E-state index contributed by atoms with van der Waals surface area (Å²) in [6.45, 7) is 0.507. The van der Waals surface area contributed by atoms with Crippen LogP contribution in [-0.2, 0) is 6.54 Å². The van der Waals surface area contributed by atoms with Crippen LogP contribution in [0.25, 0.3) is 0 Å². The van der Waals surface area contributed by atoms with Crippen LogP contribution in [-0.4, -0.2) is 18.0 Å². The minimum absolute atomic E-state index is 0.426. The maximum Gasteiger partial charge on any atom is 0.249 e. The average molecular weight is 257 g/mol. The normalized spacial score (nSPS) is 9.95. The molecule has 0 atom stereocenters. The van der Waals surface area contributed by atoms with E-state index in [2.05, 4.69) is 10.3 Å². The Labute approximate surface area is 111 Å². The number of anilines is 1. The zero-order valence-electron chi connectivity index (χ0n) is 10.6. The van der Waals surface area contributed by atoms with E-state index >= 15 is 0 Å². The van der Waals surface area contributed by atoms with Crippen molar-refractivity contribution in [3.05, 3.63) is 53.7 Å². The minimum atomic E-state index is -0.426. The van der Waals surface area contributed by atoms with Crippen LogP contribution in [0.4, 0.5) is 5.69 Å². The number of rotatable bonds is 5. The molecule has 0 aliphatic rings. The molecule has 0 aliphatic carbocycles. The quantitative estimate of drug-likeness (QED) is 0.856. The summed E-state index contributed by atoms with van der Waals surface area (Å²) in [6.07, 6.45) is 1.67. The molecule has 1 heterocycles. The van der Waals surface area contributed by atoms with Crippen molar-refractivity contribution >= 4 is 11.6 Å². The Morgan fingerprint density at radius 3 is 2.74 bits per heavy atom. The Bertz CT molecular complexity index is 567. The molecule has 19 heavy (non-hydrogen) atoms. The molecule has 3 N–H and O–H groups in total. The van der Waals surface area contributed by atoms with Gasteiger partial charge < -0.3 is 15.8 Å². The van der Waals surface area contributed by atoms with Gasteiger partial charge in [0.2, 0.25) is 11.8 Å². The second-order valence-corrected chi connectivity index (χ2v) is 3.96. The molecule has 0 saturated carbocycles. The lowest BCUT2D eigenvalue weighted by Gasteiger charge is -2.09. The van der Waals surface area contributed by atoms with Crippen molar-refractivity contribution in [3.63, 3.8) is 0 Å². The standard InChI is InChI=1S/C14H15N3O2/c1-19-13-7-6-11(9-17-13)16-8-10-4-2-3-5-12(10)14(15)18/h2-7,9,16H,8H2,1H3,(H2,15,18). The van der Waals surface area contributed by atoms with Crippen LogP contribution in [0, 0.1) is 0 Å². The third-order valence-electron chi connectivity index (χ3n) is 2.71. The number of carbonyl (C=O) groups is 1. The van der Waals surface area contributed by atoms with Gasteiger partial charge in [-0.05, 0) is 17.7 Å². The van der Waals surface area contributed by atoms with E-state index in [9.17, 15) is 4.79 Å². The van der Waals surface area contributed by atoms with Crippen molar-refractivity contribution in [2.45, 2.75) is 6.54 Å². The molecule has 0 fully saturated rings. The van der Waals surface area contributed by atoms with E-state index in [0.29, 0.717) is 18.0 Å². The van der Waals surface area contributed by atoms with E-state index in [1.807, 2.05) is 18.2 Å². The van der Waals surface area contributed by atoms with Crippen LogP contribution in [0.2, 0.25) is 0 Å². The van der Waals surface area contributed by atoms with E-state index in [0.717, 1.165) is 11.3 Å². The van der Waals surface area contributed by atoms with E-state index in [4.69, 9.17) is 10.5 Å². The predicted octanol–water partition coefficient (Wildman–Crippen LogP) is 1.80. The number of nitrogens with one attached hydrogen (secondary N) is 1. The number of amides is 1. The molecule has 0 spiro atoms. The molecular weight excluding hydrogens is 242 g/mol. The SMILES string of the molecule is COc1ccc(NCc2ccccc2C(N)=O)cn1. The van der Waals surface area contributed by atoms with Crippen molar-refractivity contribution < 1.29 is 9.53 Å². The first-order chi connectivity index (χ1) is 9.20. The highest BCUT2D eigenvalue weighted by molar-refractivity contribution is 5.94. The van der Waals surface area contributed by atoms with E-state index in [1.165, 1.54) is 0 Å². The Balaban J connectivity index is 2.07. The largest absolute Gasteiger partial charge is 0.481 e. The monoisotopic (exact) mass is 257 g/mol. The van der Waals surface area contributed by atoms with Gasteiger partial charge in [0.15, 0.2) is 0 Å². The molecule has 98 valence electrons. The number of aromatic nitrogens is 1. The molecule has 0 radical (unpaired) electrons. The molecule has 5 heteroatoms. The summed E-state index contributed by atoms with van der Waals surface area (Å²) in [5.41, 5.74) is 7.55. The highest BCUT2D eigenvalue weighted by Crippen LogP contribution is 2.14. The van der Waals surface area contributed by atoms with Gasteiger partial charge in [-0.15, -0.1) is 0 Å². The lowest BCUT2D eigenvalue weighted by Crippen LogP contribution is -2.15. The molecule has 1 aromatic heterocycles. The van der Waals surface area contributed by atoms with E-state index < -0.39 is 5.91 Å². The number of carbonyl (C=O) groups excluding carboxylic acids is 1.